The number of nitrogens with zero attached hydrogens (tertiary/aromatic N) is 1. The Morgan fingerprint density at radius 3 is 1.32 bits per heavy atom. The van der Waals surface area contributed by atoms with Gasteiger partial charge < -0.3 is 9.64 Å². The zero-order valence-electron chi connectivity index (χ0n) is 32.9. The molecule has 2 nitrogen and oxygen atoms in total. The van der Waals surface area contributed by atoms with E-state index in [1.165, 1.54) is 33.2 Å². The molecule has 282 valence electrons. The van der Waals surface area contributed by atoms with Gasteiger partial charge in [-0.25, -0.2) is 0 Å². The summed E-state index contributed by atoms with van der Waals surface area (Å²) in [5.74, 6) is 1.66. The highest BCUT2D eigenvalue weighted by molar-refractivity contribution is 6.06. The van der Waals surface area contributed by atoms with Crippen molar-refractivity contribution in [1.82, 2.24) is 0 Å². The highest BCUT2D eigenvalue weighted by Gasteiger charge is 2.29. The van der Waals surface area contributed by atoms with Gasteiger partial charge in [-0.15, -0.1) is 0 Å². The van der Waals surface area contributed by atoms with Crippen LogP contribution in [-0.4, -0.2) is 0 Å². The van der Waals surface area contributed by atoms with Crippen molar-refractivity contribution in [2.24, 2.45) is 0 Å². The molecular formula is C58H39NO. The molecule has 2 heteroatoms. The zero-order chi connectivity index (χ0) is 39.8. The van der Waals surface area contributed by atoms with Crippen LogP contribution in [0, 0.1) is 0 Å². The van der Waals surface area contributed by atoms with Crippen LogP contribution < -0.4 is 9.64 Å². The quantitative estimate of drug-likeness (QED) is 0.160. The van der Waals surface area contributed by atoms with E-state index in [9.17, 15) is 0 Å². The van der Waals surface area contributed by atoms with E-state index in [0.29, 0.717) is 0 Å². The molecule has 0 atom stereocenters. The van der Waals surface area contributed by atoms with Crippen LogP contribution in [0.2, 0.25) is 0 Å². The molecule has 60 heavy (non-hydrogen) atoms. The van der Waals surface area contributed by atoms with Crippen molar-refractivity contribution in [3.63, 3.8) is 0 Å². The molecule has 0 aliphatic carbocycles. The molecule has 1 heterocycles. The normalized spacial score (nSPS) is 11.5. The maximum absolute atomic E-state index is 7.12. The summed E-state index contributed by atoms with van der Waals surface area (Å²) < 4.78 is 7.12. The van der Waals surface area contributed by atoms with Crippen LogP contribution in [0.4, 0.5) is 17.1 Å². The molecule has 0 bridgehead atoms. The SMILES string of the molecule is c1ccc(-c2ccc(-c3ccc(N(c4ccccc4)c4cccc5c4-c4c(-c6ccc(-c7ccccc7)cc6)cccc4-c4cc6ccccc6cc4O5)cc3)cc2)cc1. The molecule has 10 aromatic carbocycles. The highest BCUT2D eigenvalue weighted by Crippen LogP contribution is 2.55. The molecule has 0 N–H and O–H groups in total. The van der Waals surface area contributed by atoms with Crippen LogP contribution in [0.15, 0.2) is 237 Å². The number of hydrogen-bond donors (Lipinski definition) is 0. The number of para-hydroxylation sites is 1. The summed E-state index contributed by atoms with van der Waals surface area (Å²) >= 11 is 0. The van der Waals surface area contributed by atoms with E-state index in [1.807, 2.05) is 0 Å². The van der Waals surface area contributed by atoms with Crippen molar-refractivity contribution in [3.05, 3.63) is 237 Å². The first-order valence-electron chi connectivity index (χ1n) is 20.5. The van der Waals surface area contributed by atoms with E-state index in [-0.39, 0.29) is 0 Å². The predicted molar refractivity (Wildman–Crippen MR) is 251 cm³/mol. The zero-order valence-corrected chi connectivity index (χ0v) is 32.9. The highest BCUT2D eigenvalue weighted by atomic mass is 16.5. The minimum atomic E-state index is 0.812. The third-order valence-electron chi connectivity index (χ3n) is 11.7. The fourth-order valence-corrected chi connectivity index (χ4v) is 8.73. The summed E-state index contributed by atoms with van der Waals surface area (Å²) in [6.45, 7) is 0. The molecular weight excluding hydrogens is 727 g/mol. The van der Waals surface area contributed by atoms with Gasteiger partial charge in [-0.1, -0.05) is 188 Å². The Kier molecular flexibility index (Phi) is 8.87. The summed E-state index contributed by atoms with van der Waals surface area (Å²) in [5, 5.41) is 2.32. The number of hydrogen-bond acceptors (Lipinski definition) is 2. The van der Waals surface area contributed by atoms with Crippen LogP contribution in [0.3, 0.4) is 0 Å². The van der Waals surface area contributed by atoms with Gasteiger partial charge in [0.05, 0.1) is 5.69 Å². The Hall–Kier alpha value is -7.94. The first kappa shape index (κ1) is 35.2. The number of rotatable bonds is 7. The maximum atomic E-state index is 7.12. The molecule has 0 radical (unpaired) electrons. The predicted octanol–water partition coefficient (Wildman–Crippen LogP) is 16.4. The smallest absolute Gasteiger partial charge is 0.137 e. The fraction of sp³-hybridized carbons (Fsp3) is 0. The third-order valence-corrected chi connectivity index (χ3v) is 11.7. The van der Waals surface area contributed by atoms with Crippen molar-refractivity contribution in [2.75, 3.05) is 4.90 Å². The fourth-order valence-electron chi connectivity index (χ4n) is 8.73. The van der Waals surface area contributed by atoms with Gasteiger partial charge in [0.25, 0.3) is 0 Å². The van der Waals surface area contributed by atoms with Crippen molar-refractivity contribution < 1.29 is 4.74 Å². The van der Waals surface area contributed by atoms with Crippen molar-refractivity contribution >= 4 is 27.8 Å². The Morgan fingerprint density at radius 2 is 0.717 bits per heavy atom. The van der Waals surface area contributed by atoms with E-state index in [4.69, 9.17) is 4.74 Å². The van der Waals surface area contributed by atoms with Crippen LogP contribution in [0.25, 0.3) is 77.5 Å². The molecule has 11 rings (SSSR count). The average molecular weight is 766 g/mol. The lowest BCUT2D eigenvalue weighted by Crippen LogP contribution is -2.11. The lowest BCUT2D eigenvalue weighted by molar-refractivity contribution is 0.488. The Balaban J connectivity index is 1.09. The van der Waals surface area contributed by atoms with Gasteiger partial charge in [-0.3, -0.25) is 0 Å². The van der Waals surface area contributed by atoms with Gasteiger partial charge in [0.15, 0.2) is 0 Å². The van der Waals surface area contributed by atoms with Crippen molar-refractivity contribution in [3.8, 4) is 78.3 Å². The van der Waals surface area contributed by atoms with Crippen LogP contribution in [0.5, 0.6) is 11.5 Å². The standard InChI is InChI=1S/C58H39NO/c1-4-14-40(15-5-1)42-26-28-44(29-27-42)45-34-36-50(37-35-45)59(49-20-8-3-9-21-49)54-24-13-25-55-58(54)57-51(46-32-30-43(31-33-46)41-16-6-2-7-17-41)22-12-23-52(57)53-38-47-18-10-11-19-48(47)39-56(53)60-55/h1-39H. The number of anilines is 3. The number of benzene rings is 10. The van der Waals surface area contributed by atoms with Crippen molar-refractivity contribution in [1.29, 1.82) is 0 Å². The van der Waals surface area contributed by atoms with Gasteiger partial charge in [-0.05, 0) is 109 Å². The summed E-state index contributed by atoms with van der Waals surface area (Å²) in [7, 11) is 0. The molecule has 1 aliphatic heterocycles. The first-order valence-corrected chi connectivity index (χ1v) is 20.5. The number of fused-ring (bicyclic) bond motifs is 6. The second kappa shape index (κ2) is 15.1. The van der Waals surface area contributed by atoms with Crippen LogP contribution in [-0.2, 0) is 0 Å². The van der Waals surface area contributed by atoms with E-state index in [1.54, 1.807) is 0 Å². The van der Waals surface area contributed by atoms with Gasteiger partial charge in [0, 0.05) is 28.1 Å². The summed E-state index contributed by atoms with van der Waals surface area (Å²) in [6, 6.07) is 84.7. The average Bonchev–Trinajstić information content (AvgIpc) is 3.46. The van der Waals surface area contributed by atoms with E-state index < -0.39 is 0 Å². The summed E-state index contributed by atoms with van der Waals surface area (Å²) in [4.78, 5) is 2.37. The topological polar surface area (TPSA) is 12.5 Å². The Morgan fingerprint density at radius 1 is 0.267 bits per heavy atom. The second-order valence-corrected chi connectivity index (χ2v) is 15.3. The van der Waals surface area contributed by atoms with Gasteiger partial charge in [0.1, 0.15) is 11.5 Å². The minimum absolute atomic E-state index is 0.812. The largest absolute Gasteiger partial charge is 0.456 e. The molecule has 1 aliphatic rings. The number of ether oxygens (including phenoxy) is 1. The molecule has 10 aromatic rings. The van der Waals surface area contributed by atoms with Gasteiger partial charge in [0.2, 0.25) is 0 Å². The summed E-state index contributed by atoms with van der Waals surface area (Å²) in [6.07, 6.45) is 0. The Bertz CT molecular complexity index is 3120. The van der Waals surface area contributed by atoms with E-state index >= 15 is 0 Å². The lowest BCUT2D eigenvalue weighted by Gasteiger charge is -2.29. The molecule has 0 fully saturated rings. The summed E-state index contributed by atoms with van der Waals surface area (Å²) in [5.41, 5.74) is 17.0. The monoisotopic (exact) mass is 765 g/mol. The third kappa shape index (κ3) is 6.41. The molecule has 0 amide bonds. The molecule has 0 aromatic heterocycles. The molecule has 0 saturated carbocycles. The van der Waals surface area contributed by atoms with Crippen LogP contribution in [0.1, 0.15) is 0 Å². The van der Waals surface area contributed by atoms with Gasteiger partial charge in [-0.2, -0.15) is 0 Å². The lowest BCUT2D eigenvalue weighted by atomic mass is 9.85. The van der Waals surface area contributed by atoms with Crippen LogP contribution >= 0.6 is 0 Å². The molecule has 0 unspecified atom stereocenters. The second-order valence-electron chi connectivity index (χ2n) is 15.3. The van der Waals surface area contributed by atoms with E-state index in [0.717, 1.165) is 72.9 Å². The maximum Gasteiger partial charge on any atom is 0.137 e. The first-order chi connectivity index (χ1) is 29.7. The molecule has 0 saturated heterocycles. The van der Waals surface area contributed by atoms with Gasteiger partial charge >= 0.3 is 0 Å². The van der Waals surface area contributed by atoms with Crippen molar-refractivity contribution in [2.45, 2.75) is 0 Å². The molecule has 0 spiro atoms. The minimum Gasteiger partial charge on any atom is -0.456 e. The Labute approximate surface area is 350 Å². The van der Waals surface area contributed by atoms with E-state index in [2.05, 4.69) is 241 Å².